The Morgan fingerprint density at radius 1 is 1.53 bits per heavy atom. The molecule has 0 spiro atoms. The Hall–Kier alpha value is -0.950. The summed E-state index contributed by atoms with van der Waals surface area (Å²) in [4.78, 5) is 4.26. The van der Waals surface area contributed by atoms with Crippen LogP contribution in [0.3, 0.4) is 0 Å². The van der Waals surface area contributed by atoms with Crippen molar-refractivity contribution in [3.63, 3.8) is 0 Å². The lowest BCUT2D eigenvalue weighted by Gasteiger charge is -2.22. The topological polar surface area (TPSA) is 76.9 Å². The van der Waals surface area contributed by atoms with Crippen LogP contribution in [0.2, 0.25) is 0 Å². The predicted molar refractivity (Wildman–Crippen MR) is 54.8 cm³/mol. The largest absolute Gasteiger partial charge is 0.248 e. The molecular formula is C8H14N4O2S. The summed E-state index contributed by atoms with van der Waals surface area (Å²) in [6.45, 7) is 2.41. The minimum Gasteiger partial charge on any atom is -0.248 e. The Kier molecular flexibility index (Phi) is 2.51. The van der Waals surface area contributed by atoms with E-state index < -0.39 is 10.0 Å². The first-order valence-corrected chi connectivity index (χ1v) is 6.71. The molecule has 0 radical (unpaired) electrons. The van der Waals surface area contributed by atoms with Crippen LogP contribution in [0.5, 0.6) is 0 Å². The molecule has 0 aromatic carbocycles. The molecule has 0 amide bonds. The quantitative estimate of drug-likeness (QED) is 0.739. The van der Waals surface area contributed by atoms with Gasteiger partial charge < -0.3 is 0 Å². The molecule has 1 N–H and O–H groups in total. The van der Waals surface area contributed by atoms with E-state index in [-0.39, 0.29) is 6.04 Å². The smallest absolute Gasteiger partial charge is 0.209 e. The van der Waals surface area contributed by atoms with Gasteiger partial charge >= 0.3 is 0 Å². The highest BCUT2D eigenvalue weighted by Gasteiger charge is 2.22. The lowest BCUT2D eigenvalue weighted by molar-refractivity contribution is 0.395. The van der Waals surface area contributed by atoms with Gasteiger partial charge in [-0.15, -0.1) is 0 Å². The molecule has 0 fully saturated rings. The molecular weight excluding hydrogens is 216 g/mol. The van der Waals surface area contributed by atoms with Gasteiger partial charge in [0.1, 0.15) is 11.6 Å². The Labute approximate surface area is 88.8 Å². The normalized spacial score (nSPS) is 21.3. The average Bonchev–Trinajstić information content (AvgIpc) is 2.40. The van der Waals surface area contributed by atoms with E-state index in [0.29, 0.717) is 6.54 Å². The van der Waals surface area contributed by atoms with E-state index in [0.717, 1.165) is 24.5 Å². The highest BCUT2D eigenvalue weighted by atomic mass is 32.2. The number of aromatic nitrogens is 3. The van der Waals surface area contributed by atoms with E-state index in [1.807, 2.05) is 6.92 Å². The molecule has 7 heteroatoms. The summed E-state index contributed by atoms with van der Waals surface area (Å²) in [6.07, 6.45) is 2.73. The third kappa shape index (κ3) is 2.54. The van der Waals surface area contributed by atoms with Crippen LogP contribution >= 0.6 is 0 Å². The number of nitrogens with zero attached hydrogens (tertiary/aromatic N) is 3. The number of hydrogen-bond acceptors (Lipinski definition) is 4. The molecule has 0 aliphatic carbocycles. The summed E-state index contributed by atoms with van der Waals surface area (Å²) < 4.78 is 26.5. The molecule has 0 bridgehead atoms. The zero-order valence-electron chi connectivity index (χ0n) is 8.77. The molecule has 1 aliphatic heterocycles. The fraction of sp³-hybridized carbons (Fsp3) is 0.750. The van der Waals surface area contributed by atoms with Crippen molar-refractivity contribution in [2.45, 2.75) is 32.4 Å². The maximum Gasteiger partial charge on any atom is 0.209 e. The Morgan fingerprint density at radius 2 is 2.27 bits per heavy atom. The number of fused-ring (bicyclic) bond motifs is 1. The van der Waals surface area contributed by atoms with Crippen molar-refractivity contribution >= 4 is 10.0 Å². The summed E-state index contributed by atoms with van der Waals surface area (Å²) >= 11 is 0. The number of hydrogen-bond donors (Lipinski definition) is 1. The number of nitrogens with one attached hydrogen (secondary N) is 1. The van der Waals surface area contributed by atoms with Crippen LogP contribution in [0.15, 0.2) is 0 Å². The molecule has 1 atom stereocenters. The van der Waals surface area contributed by atoms with E-state index in [1.165, 1.54) is 6.26 Å². The van der Waals surface area contributed by atoms with Crippen molar-refractivity contribution in [3.05, 3.63) is 11.6 Å². The highest BCUT2D eigenvalue weighted by molar-refractivity contribution is 7.88. The fourth-order valence-electron chi connectivity index (χ4n) is 1.83. The third-order valence-corrected chi connectivity index (χ3v) is 3.11. The Bertz CT molecular complexity index is 465. The standard InChI is InChI=1S/C8H14N4O2S/c1-6-9-8-4-3-7(5-12(8)10-6)11-15(2,13)14/h7,11H,3-5H2,1-2H3/t7-/m0/s1. The van der Waals surface area contributed by atoms with Gasteiger partial charge in [0, 0.05) is 12.5 Å². The molecule has 0 saturated heterocycles. The molecule has 0 saturated carbocycles. The SMILES string of the molecule is Cc1nc2n(n1)C[C@@H](NS(C)(=O)=O)CC2. The third-order valence-electron chi connectivity index (χ3n) is 2.34. The van der Waals surface area contributed by atoms with Gasteiger partial charge in [-0.05, 0) is 13.3 Å². The molecule has 0 unspecified atom stereocenters. The van der Waals surface area contributed by atoms with Crippen molar-refractivity contribution in [1.29, 1.82) is 0 Å². The van der Waals surface area contributed by atoms with E-state index in [9.17, 15) is 8.42 Å². The first-order chi connectivity index (χ1) is 6.94. The minimum absolute atomic E-state index is 0.0615. The summed E-state index contributed by atoms with van der Waals surface area (Å²) in [7, 11) is -3.13. The van der Waals surface area contributed by atoms with Crippen LogP contribution < -0.4 is 4.72 Å². The summed E-state index contributed by atoms with van der Waals surface area (Å²) in [5.74, 6) is 1.68. The number of rotatable bonds is 2. The highest BCUT2D eigenvalue weighted by Crippen LogP contribution is 2.13. The van der Waals surface area contributed by atoms with Gasteiger partial charge in [0.2, 0.25) is 10.0 Å². The lowest BCUT2D eigenvalue weighted by Crippen LogP contribution is -2.40. The summed E-state index contributed by atoms with van der Waals surface area (Å²) in [5.41, 5.74) is 0. The van der Waals surface area contributed by atoms with Crippen LogP contribution in [0.4, 0.5) is 0 Å². The van der Waals surface area contributed by atoms with Gasteiger partial charge in [-0.1, -0.05) is 0 Å². The molecule has 84 valence electrons. The maximum absolute atomic E-state index is 11.1. The van der Waals surface area contributed by atoms with Gasteiger partial charge in [-0.2, -0.15) is 5.10 Å². The maximum atomic E-state index is 11.1. The Balaban J connectivity index is 2.12. The van der Waals surface area contributed by atoms with Gasteiger partial charge in [0.15, 0.2) is 0 Å². The molecule has 1 aromatic rings. The van der Waals surface area contributed by atoms with Crippen LogP contribution in [-0.4, -0.2) is 35.5 Å². The molecule has 1 aliphatic rings. The van der Waals surface area contributed by atoms with Gasteiger partial charge in [0.25, 0.3) is 0 Å². The van der Waals surface area contributed by atoms with Crippen molar-refractivity contribution in [2.24, 2.45) is 0 Å². The van der Waals surface area contributed by atoms with Gasteiger partial charge in [0.05, 0.1) is 12.8 Å². The van der Waals surface area contributed by atoms with Crippen molar-refractivity contribution in [2.75, 3.05) is 6.26 Å². The molecule has 1 aromatic heterocycles. The van der Waals surface area contributed by atoms with Crippen molar-refractivity contribution in [1.82, 2.24) is 19.5 Å². The zero-order chi connectivity index (χ0) is 11.1. The summed E-state index contributed by atoms with van der Waals surface area (Å²) in [6, 6.07) is -0.0615. The second-order valence-corrected chi connectivity index (χ2v) is 5.66. The minimum atomic E-state index is -3.13. The molecule has 2 rings (SSSR count). The molecule has 2 heterocycles. The van der Waals surface area contributed by atoms with Gasteiger partial charge in [-0.25, -0.2) is 22.8 Å². The van der Waals surface area contributed by atoms with Crippen molar-refractivity contribution < 1.29 is 8.42 Å². The van der Waals surface area contributed by atoms with E-state index in [2.05, 4.69) is 14.8 Å². The van der Waals surface area contributed by atoms with E-state index >= 15 is 0 Å². The monoisotopic (exact) mass is 230 g/mol. The number of sulfonamides is 1. The number of aryl methyl sites for hydroxylation is 2. The average molecular weight is 230 g/mol. The van der Waals surface area contributed by atoms with Crippen molar-refractivity contribution in [3.8, 4) is 0 Å². The first-order valence-electron chi connectivity index (χ1n) is 4.82. The summed E-state index contributed by atoms with van der Waals surface area (Å²) in [5, 5.41) is 4.20. The predicted octanol–water partition coefficient (Wildman–Crippen LogP) is -0.549. The second kappa shape index (κ2) is 3.57. The van der Waals surface area contributed by atoms with Gasteiger partial charge in [-0.3, -0.25) is 0 Å². The van der Waals surface area contributed by atoms with E-state index in [1.54, 1.807) is 4.68 Å². The zero-order valence-corrected chi connectivity index (χ0v) is 9.58. The second-order valence-electron chi connectivity index (χ2n) is 3.88. The molecule has 15 heavy (non-hydrogen) atoms. The fourth-order valence-corrected chi connectivity index (χ4v) is 2.63. The lowest BCUT2D eigenvalue weighted by atomic mass is 10.1. The van der Waals surface area contributed by atoms with E-state index in [4.69, 9.17) is 0 Å². The molecule has 6 nitrogen and oxygen atoms in total. The van der Waals surface area contributed by atoms with Crippen LogP contribution in [0.25, 0.3) is 0 Å². The van der Waals surface area contributed by atoms with Crippen LogP contribution in [0, 0.1) is 6.92 Å². The van der Waals surface area contributed by atoms with Crippen LogP contribution in [0.1, 0.15) is 18.1 Å². The first kappa shape index (κ1) is 10.6. The van der Waals surface area contributed by atoms with Crippen LogP contribution in [-0.2, 0) is 23.0 Å². The Morgan fingerprint density at radius 3 is 2.93 bits per heavy atom.